The Kier molecular flexibility index (Phi) is 5.24. The minimum atomic E-state index is 0.0525. The van der Waals surface area contributed by atoms with Crippen molar-refractivity contribution in [3.63, 3.8) is 0 Å². The topological polar surface area (TPSA) is 82.2 Å². The fraction of sp³-hybridized carbons (Fsp3) is 0.333. The normalized spacial score (nSPS) is 21.4. The number of carbonyl (C=O) groups excluding carboxylic acids is 2. The molecule has 7 nitrogen and oxygen atoms in total. The first-order chi connectivity index (χ1) is 15.2. The molecule has 0 bridgehead atoms. The Labute approximate surface area is 180 Å². The molecule has 3 heterocycles. The molecular formula is C24H25N5O2. The molecule has 2 aliphatic heterocycles. The van der Waals surface area contributed by atoms with E-state index in [2.05, 4.69) is 15.4 Å². The molecule has 7 heteroatoms. The maximum Gasteiger partial charge on any atom is 0.253 e. The Bertz CT molecular complexity index is 1110. The average Bonchev–Trinajstić information content (AvgIpc) is 3.39. The first-order valence-corrected chi connectivity index (χ1v) is 10.8. The van der Waals surface area contributed by atoms with Crippen LogP contribution < -0.4 is 0 Å². The van der Waals surface area contributed by atoms with Crippen LogP contribution in [0.1, 0.15) is 28.8 Å². The molecule has 2 fully saturated rings. The van der Waals surface area contributed by atoms with E-state index in [9.17, 15) is 9.59 Å². The maximum atomic E-state index is 13.0. The largest absolute Gasteiger partial charge is 0.339 e. The van der Waals surface area contributed by atoms with E-state index >= 15 is 0 Å². The molecule has 1 aromatic heterocycles. The molecule has 2 aliphatic rings. The van der Waals surface area contributed by atoms with Crippen molar-refractivity contribution in [1.29, 1.82) is 0 Å². The number of carbonyl (C=O) groups is 2. The molecule has 0 aliphatic carbocycles. The highest BCUT2D eigenvalue weighted by Gasteiger charge is 2.37. The molecule has 2 amide bonds. The highest BCUT2D eigenvalue weighted by molar-refractivity contribution is 5.97. The minimum Gasteiger partial charge on any atom is -0.339 e. The Morgan fingerprint density at radius 1 is 0.903 bits per heavy atom. The first-order valence-electron chi connectivity index (χ1n) is 10.8. The van der Waals surface area contributed by atoms with Gasteiger partial charge in [-0.3, -0.25) is 9.59 Å². The summed E-state index contributed by atoms with van der Waals surface area (Å²) in [6.07, 6.45) is 5.41. The second kappa shape index (κ2) is 8.34. The smallest absolute Gasteiger partial charge is 0.253 e. The summed E-state index contributed by atoms with van der Waals surface area (Å²) in [5, 5.41) is 10.7. The molecule has 31 heavy (non-hydrogen) atoms. The lowest BCUT2D eigenvalue weighted by molar-refractivity contribution is -0.126. The molecule has 2 aromatic carbocycles. The Hall–Kier alpha value is -3.48. The van der Waals surface area contributed by atoms with E-state index in [-0.39, 0.29) is 11.8 Å². The highest BCUT2D eigenvalue weighted by Crippen LogP contribution is 2.33. The summed E-state index contributed by atoms with van der Waals surface area (Å²) < 4.78 is 0. The van der Waals surface area contributed by atoms with Crippen LogP contribution in [-0.2, 0) is 4.79 Å². The molecule has 2 saturated heterocycles. The zero-order chi connectivity index (χ0) is 21.2. The van der Waals surface area contributed by atoms with Crippen LogP contribution in [0.2, 0.25) is 0 Å². The van der Waals surface area contributed by atoms with E-state index in [0.717, 1.165) is 50.1 Å². The standard InChI is InChI=1S/C24H25N5O2/c30-23(9-6-17-4-2-1-3-5-17)28-12-10-19-15-29(16-20(19)11-13-28)24(31)18-7-8-21-22(14-18)26-27-25-21/h1-9,14,19-20H,10-13,15-16H2,(H,25,26,27)/t19-,20+. The van der Waals surface area contributed by atoms with Gasteiger partial charge in [0, 0.05) is 37.8 Å². The molecule has 0 unspecified atom stereocenters. The predicted molar refractivity (Wildman–Crippen MR) is 118 cm³/mol. The number of benzene rings is 2. The van der Waals surface area contributed by atoms with Gasteiger partial charge in [-0.2, -0.15) is 15.4 Å². The van der Waals surface area contributed by atoms with Crippen molar-refractivity contribution in [3.05, 3.63) is 65.7 Å². The number of rotatable bonds is 3. The van der Waals surface area contributed by atoms with Crippen LogP contribution in [0.15, 0.2) is 54.6 Å². The van der Waals surface area contributed by atoms with E-state index in [1.807, 2.05) is 58.3 Å². The van der Waals surface area contributed by atoms with Crippen molar-refractivity contribution in [2.45, 2.75) is 12.8 Å². The number of amides is 2. The van der Waals surface area contributed by atoms with Gasteiger partial charge in [-0.05, 0) is 54.5 Å². The summed E-state index contributed by atoms with van der Waals surface area (Å²) in [7, 11) is 0. The Morgan fingerprint density at radius 2 is 1.61 bits per heavy atom. The SMILES string of the molecule is O=C(C=Cc1ccccc1)N1CC[C@@H]2CN(C(=O)c3ccc4n[nH]nc4c3)C[C@@H]2CC1. The summed E-state index contributed by atoms with van der Waals surface area (Å²) >= 11 is 0. The summed E-state index contributed by atoms with van der Waals surface area (Å²) in [5.74, 6) is 1.00. The van der Waals surface area contributed by atoms with E-state index in [1.165, 1.54) is 0 Å². The van der Waals surface area contributed by atoms with E-state index in [1.54, 1.807) is 12.1 Å². The lowest BCUT2D eigenvalue weighted by Crippen LogP contribution is -2.33. The molecular weight excluding hydrogens is 390 g/mol. The zero-order valence-electron chi connectivity index (χ0n) is 17.3. The van der Waals surface area contributed by atoms with Crippen LogP contribution in [-0.4, -0.2) is 63.2 Å². The van der Waals surface area contributed by atoms with Gasteiger partial charge in [0.15, 0.2) is 0 Å². The highest BCUT2D eigenvalue weighted by atomic mass is 16.2. The maximum absolute atomic E-state index is 13.0. The first kappa shape index (κ1) is 19.5. The van der Waals surface area contributed by atoms with Crippen molar-refractivity contribution in [2.75, 3.05) is 26.2 Å². The minimum absolute atomic E-state index is 0.0525. The third-order valence-electron chi connectivity index (χ3n) is 6.50. The quantitative estimate of drug-likeness (QED) is 0.667. The second-order valence-electron chi connectivity index (χ2n) is 8.40. The Balaban J connectivity index is 1.19. The molecule has 0 spiro atoms. The van der Waals surface area contributed by atoms with Crippen molar-refractivity contribution >= 4 is 28.9 Å². The average molecular weight is 415 g/mol. The van der Waals surface area contributed by atoms with Crippen LogP contribution in [0.3, 0.4) is 0 Å². The van der Waals surface area contributed by atoms with Crippen molar-refractivity contribution in [1.82, 2.24) is 25.2 Å². The lowest BCUT2D eigenvalue weighted by Gasteiger charge is -2.21. The molecule has 2 atom stereocenters. The summed E-state index contributed by atoms with van der Waals surface area (Å²) in [6.45, 7) is 2.99. The molecule has 5 rings (SSSR count). The molecule has 158 valence electrons. The van der Waals surface area contributed by atoms with E-state index in [4.69, 9.17) is 0 Å². The molecule has 0 saturated carbocycles. The van der Waals surface area contributed by atoms with Gasteiger partial charge in [0.25, 0.3) is 5.91 Å². The van der Waals surface area contributed by atoms with Crippen molar-refractivity contribution in [3.8, 4) is 0 Å². The van der Waals surface area contributed by atoms with Gasteiger partial charge in [0.2, 0.25) is 5.91 Å². The fourth-order valence-electron chi connectivity index (χ4n) is 4.73. The zero-order valence-corrected chi connectivity index (χ0v) is 17.3. The third kappa shape index (κ3) is 4.08. The van der Waals surface area contributed by atoms with Gasteiger partial charge in [-0.15, -0.1) is 0 Å². The number of hydrogen-bond donors (Lipinski definition) is 1. The number of hydrogen-bond acceptors (Lipinski definition) is 4. The van der Waals surface area contributed by atoms with Gasteiger partial charge >= 0.3 is 0 Å². The Morgan fingerprint density at radius 3 is 2.35 bits per heavy atom. The summed E-state index contributed by atoms with van der Waals surface area (Å²) in [6, 6.07) is 15.3. The number of fused-ring (bicyclic) bond motifs is 2. The number of aromatic nitrogens is 3. The van der Waals surface area contributed by atoms with Gasteiger partial charge in [0.05, 0.1) is 0 Å². The number of nitrogens with one attached hydrogen (secondary N) is 1. The van der Waals surface area contributed by atoms with Gasteiger partial charge in [-0.25, -0.2) is 0 Å². The predicted octanol–water partition coefficient (Wildman–Crippen LogP) is 2.98. The monoisotopic (exact) mass is 415 g/mol. The summed E-state index contributed by atoms with van der Waals surface area (Å²) in [5.41, 5.74) is 3.15. The van der Waals surface area contributed by atoms with Crippen LogP contribution in [0.25, 0.3) is 17.1 Å². The van der Waals surface area contributed by atoms with Crippen LogP contribution >= 0.6 is 0 Å². The van der Waals surface area contributed by atoms with Crippen molar-refractivity contribution < 1.29 is 9.59 Å². The van der Waals surface area contributed by atoms with E-state index in [0.29, 0.717) is 22.9 Å². The number of H-pyrrole nitrogens is 1. The van der Waals surface area contributed by atoms with Crippen LogP contribution in [0.4, 0.5) is 0 Å². The lowest BCUT2D eigenvalue weighted by atomic mass is 9.92. The molecule has 3 aromatic rings. The number of aromatic amines is 1. The number of nitrogens with zero attached hydrogens (tertiary/aromatic N) is 4. The van der Waals surface area contributed by atoms with Gasteiger partial charge in [-0.1, -0.05) is 30.3 Å². The molecule has 1 N–H and O–H groups in total. The van der Waals surface area contributed by atoms with Gasteiger partial charge < -0.3 is 9.80 Å². The second-order valence-corrected chi connectivity index (χ2v) is 8.40. The van der Waals surface area contributed by atoms with Crippen LogP contribution in [0.5, 0.6) is 0 Å². The van der Waals surface area contributed by atoms with Crippen molar-refractivity contribution in [2.24, 2.45) is 11.8 Å². The summed E-state index contributed by atoms with van der Waals surface area (Å²) in [4.78, 5) is 29.6. The number of likely N-dealkylation sites (tertiary alicyclic amines) is 2. The third-order valence-corrected chi connectivity index (χ3v) is 6.50. The molecule has 0 radical (unpaired) electrons. The van der Waals surface area contributed by atoms with Gasteiger partial charge in [0.1, 0.15) is 11.0 Å². The van der Waals surface area contributed by atoms with E-state index < -0.39 is 0 Å². The van der Waals surface area contributed by atoms with Crippen LogP contribution in [0, 0.1) is 11.8 Å². The fourth-order valence-corrected chi connectivity index (χ4v) is 4.73.